The molecule has 5 nitrogen and oxygen atoms in total. The van der Waals surface area contributed by atoms with E-state index in [0.717, 1.165) is 57.3 Å². The van der Waals surface area contributed by atoms with Crippen LogP contribution in [0.3, 0.4) is 0 Å². The van der Waals surface area contributed by atoms with E-state index in [9.17, 15) is 8.42 Å². The van der Waals surface area contributed by atoms with Gasteiger partial charge in [-0.3, -0.25) is 9.88 Å². The molecule has 0 unspecified atom stereocenters. The highest BCUT2D eigenvalue weighted by Crippen LogP contribution is 2.49. The zero-order chi connectivity index (χ0) is 16.1. The van der Waals surface area contributed by atoms with Crippen molar-refractivity contribution in [3.63, 3.8) is 0 Å². The van der Waals surface area contributed by atoms with Gasteiger partial charge >= 0.3 is 0 Å². The van der Waals surface area contributed by atoms with Crippen molar-refractivity contribution in [1.82, 2.24) is 14.6 Å². The van der Waals surface area contributed by atoms with Gasteiger partial charge in [-0.25, -0.2) is 13.1 Å². The van der Waals surface area contributed by atoms with Crippen molar-refractivity contribution in [2.75, 3.05) is 13.1 Å². The lowest BCUT2D eigenvalue weighted by atomic mass is 9.65. The number of hydrogen-bond donors (Lipinski definition) is 1. The molecule has 3 fully saturated rings. The van der Waals surface area contributed by atoms with Crippen LogP contribution in [0.15, 0.2) is 18.5 Å². The van der Waals surface area contributed by atoms with Gasteiger partial charge in [-0.05, 0) is 55.7 Å². The molecule has 23 heavy (non-hydrogen) atoms. The predicted molar refractivity (Wildman–Crippen MR) is 89.7 cm³/mol. The maximum atomic E-state index is 12.0. The minimum Gasteiger partial charge on any atom is -0.298 e. The van der Waals surface area contributed by atoms with Crippen LogP contribution in [0.4, 0.5) is 0 Å². The Labute approximate surface area is 142 Å². The number of rotatable bonds is 5. The first kappa shape index (κ1) is 15.8. The summed E-state index contributed by atoms with van der Waals surface area (Å²) in [5.41, 5.74) is 1.45. The minimum absolute atomic E-state index is 0.116. The summed E-state index contributed by atoms with van der Waals surface area (Å²) in [5, 5.41) is 0.559. The number of likely N-dealkylation sites (tertiary alicyclic amines) is 1. The summed E-state index contributed by atoms with van der Waals surface area (Å²) in [6.45, 7) is 2.98. The molecule has 2 aliphatic carbocycles. The van der Waals surface area contributed by atoms with Crippen molar-refractivity contribution >= 4 is 21.6 Å². The summed E-state index contributed by atoms with van der Waals surface area (Å²) in [6, 6.07) is 2.11. The SMILES string of the molecule is O=S(=O)(NC1CC2(CCN(Cc3cncc(Cl)c3)C2)C1)C1CC1. The Morgan fingerprint density at radius 3 is 2.83 bits per heavy atom. The fraction of sp³-hybridized carbons (Fsp3) is 0.688. The Balaban J connectivity index is 1.30. The van der Waals surface area contributed by atoms with Crippen LogP contribution in [-0.4, -0.2) is 42.7 Å². The van der Waals surface area contributed by atoms with Gasteiger partial charge in [0, 0.05) is 31.5 Å². The van der Waals surface area contributed by atoms with Gasteiger partial charge in [-0.1, -0.05) is 11.6 Å². The molecule has 1 aromatic rings. The molecule has 0 aromatic carbocycles. The second-order valence-corrected chi connectivity index (χ2v) is 9.87. The molecule has 0 radical (unpaired) electrons. The van der Waals surface area contributed by atoms with Crippen molar-refractivity contribution in [1.29, 1.82) is 0 Å². The topological polar surface area (TPSA) is 62.3 Å². The average molecular weight is 356 g/mol. The van der Waals surface area contributed by atoms with Gasteiger partial charge in [0.1, 0.15) is 0 Å². The van der Waals surface area contributed by atoms with E-state index in [-0.39, 0.29) is 11.3 Å². The van der Waals surface area contributed by atoms with Crippen LogP contribution in [0.5, 0.6) is 0 Å². The third-order valence-electron chi connectivity index (χ3n) is 5.34. The van der Waals surface area contributed by atoms with Crippen LogP contribution in [0.25, 0.3) is 0 Å². The van der Waals surface area contributed by atoms with Gasteiger partial charge in [0.05, 0.1) is 10.3 Å². The van der Waals surface area contributed by atoms with Crippen LogP contribution >= 0.6 is 11.6 Å². The highest BCUT2D eigenvalue weighted by Gasteiger charge is 2.50. The van der Waals surface area contributed by atoms with Gasteiger partial charge in [0.2, 0.25) is 10.0 Å². The first-order valence-electron chi connectivity index (χ1n) is 8.27. The Kier molecular flexibility index (Phi) is 3.91. The maximum absolute atomic E-state index is 12.0. The molecular formula is C16H22ClN3O2S. The Morgan fingerprint density at radius 1 is 1.35 bits per heavy atom. The molecule has 1 saturated heterocycles. The Morgan fingerprint density at radius 2 is 2.13 bits per heavy atom. The normalized spacial score (nSPS) is 31.4. The Bertz CT molecular complexity index is 699. The van der Waals surface area contributed by atoms with Gasteiger partial charge in [-0.2, -0.15) is 0 Å². The molecule has 126 valence electrons. The second kappa shape index (κ2) is 5.69. The second-order valence-electron chi connectivity index (χ2n) is 7.44. The molecule has 0 amide bonds. The van der Waals surface area contributed by atoms with Crippen LogP contribution in [0.2, 0.25) is 5.02 Å². The monoisotopic (exact) mass is 355 g/mol. The summed E-state index contributed by atoms with van der Waals surface area (Å²) in [4.78, 5) is 6.57. The van der Waals surface area contributed by atoms with Gasteiger partial charge in [-0.15, -0.1) is 0 Å². The summed E-state index contributed by atoms with van der Waals surface area (Å²) in [5.74, 6) is 0. The number of pyridine rings is 1. The maximum Gasteiger partial charge on any atom is 0.214 e. The zero-order valence-electron chi connectivity index (χ0n) is 13.0. The summed E-state index contributed by atoms with van der Waals surface area (Å²) in [6.07, 6.45) is 8.28. The molecule has 1 aromatic heterocycles. The van der Waals surface area contributed by atoms with E-state index in [2.05, 4.69) is 14.6 Å². The molecule has 3 aliphatic rings. The first-order chi connectivity index (χ1) is 10.9. The van der Waals surface area contributed by atoms with Crippen LogP contribution in [0.1, 0.15) is 37.7 Å². The van der Waals surface area contributed by atoms with E-state index in [0.29, 0.717) is 10.4 Å². The summed E-state index contributed by atoms with van der Waals surface area (Å²) >= 11 is 5.99. The number of hydrogen-bond acceptors (Lipinski definition) is 4. The fourth-order valence-corrected chi connectivity index (χ4v) is 5.85. The third-order valence-corrected chi connectivity index (χ3v) is 7.56. The van der Waals surface area contributed by atoms with Crippen molar-refractivity contribution in [2.45, 2.75) is 49.9 Å². The van der Waals surface area contributed by atoms with E-state index >= 15 is 0 Å². The quantitative estimate of drug-likeness (QED) is 0.879. The molecule has 1 N–H and O–H groups in total. The third kappa shape index (κ3) is 3.40. The zero-order valence-corrected chi connectivity index (χ0v) is 14.6. The van der Waals surface area contributed by atoms with Gasteiger partial charge in [0.25, 0.3) is 0 Å². The van der Waals surface area contributed by atoms with Crippen LogP contribution in [-0.2, 0) is 16.6 Å². The largest absolute Gasteiger partial charge is 0.298 e. The smallest absolute Gasteiger partial charge is 0.214 e. The van der Waals surface area contributed by atoms with Gasteiger partial charge < -0.3 is 0 Å². The molecule has 2 saturated carbocycles. The highest BCUT2D eigenvalue weighted by molar-refractivity contribution is 7.90. The Hall–Kier alpha value is -0.690. The number of aromatic nitrogens is 1. The lowest BCUT2D eigenvalue weighted by Crippen LogP contribution is -2.52. The van der Waals surface area contributed by atoms with E-state index in [1.807, 2.05) is 12.3 Å². The predicted octanol–water partition coefficient (Wildman–Crippen LogP) is 2.17. The first-order valence-corrected chi connectivity index (χ1v) is 10.2. The molecule has 2 heterocycles. The van der Waals surface area contributed by atoms with E-state index in [1.54, 1.807) is 6.20 Å². The fourth-order valence-electron chi connectivity index (χ4n) is 4.07. The lowest BCUT2D eigenvalue weighted by Gasteiger charge is -2.45. The molecular weight excluding hydrogens is 334 g/mol. The van der Waals surface area contributed by atoms with Gasteiger partial charge in [0.15, 0.2) is 0 Å². The van der Waals surface area contributed by atoms with E-state index < -0.39 is 10.0 Å². The number of halogens is 1. The average Bonchev–Trinajstić information content (AvgIpc) is 3.22. The number of sulfonamides is 1. The minimum atomic E-state index is -3.05. The highest BCUT2D eigenvalue weighted by atomic mass is 35.5. The standard InChI is InChI=1S/C16H22ClN3O2S/c17-13-5-12(8-18-9-13)10-20-4-3-16(11-20)6-14(7-16)19-23(21,22)15-1-2-15/h5,8-9,14-15,19H,1-4,6-7,10-11H2. The van der Waals surface area contributed by atoms with Crippen molar-refractivity contribution in [3.8, 4) is 0 Å². The number of nitrogens with one attached hydrogen (secondary N) is 1. The summed E-state index contributed by atoms with van der Waals surface area (Å²) in [7, 11) is -3.05. The molecule has 1 spiro atoms. The molecule has 0 bridgehead atoms. The molecule has 0 atom stereocenters. The molecule has 1 aliphatic heterocycles. The number of nitrogens with zero attached hydrogens (tertiary/aromatic N) is 2. The van der Waals surface area contributed by atoms with Crippen LogP contribution < -0.4 is 4.72 Å². The van der Waals surface area contributed by atoms with Crippen molar-refractivity contribution < 1.29 is 8.42 Å². The molecule has 7 heteroatoms. The van der Waals surface area contributed by atoms with Crippen LogP contribution in [0, 0.1) is 5.41 Å². The van der Waals surface area contributed by atoms with E-state index in [4.69, 9.17) is 11.6 Å². The summed E-state index contributed by atoms with van der Waals surface area (Å²) < 4.78 is 26.9. The van der Waals surface area contributed by atoms with Crippen molar-refractivity contribution in [2.24, 2.45) is 5.41 Å². The lowest BCUT2D eigenvalue weighted by molar-refractivity contribution is 0.101. The van der Waals surface area contributed by atoms with E-state index in [1.165, 1.54) is 0 Å². The van der Waals surface area contributed by atoms with Crippen molar-refractivity contribution in [3.05, 3.63) is 29.0 Å². The molecule has 4 rings (SSSR count).